The van der Waals surface area contributed by atoms with Crippen LogP contribution in [0, 0.1) is 0 Å². The molecule has 0 radical (unpaired) electrons. The van der Waals surface area contributed by atoms with Crippen molar-refractivity contribution >= 4 is 17.2 Å². The SMILES string of the molecule is O=C(NCC1=CCNCC1)c1csc(-c2cccc(C(F)(F)F)c2)n1. The molecule has 4 nitrogen and oxygen atoms in total. The van der Waals surface area contributed by atoms with E-state index in [1.165, 1.54) is 6.07 Å². The maximum absolute atomic E-state index is 12.8. The van der Waals surface area contributed by atoms with Crippen molar-refractivity contribution in [1.29, 1.82) is 0 Å². The molecule has 0 bridgehead atoms. The highest BCUT2D eigenvalue weighted by atomic mass is 32.1. The van der Waals surface area contributed by atoms with Crippen molar-refractivity contribution in [2.45, 2.75) is 12.6 Å². The van der Waals surface area contributed by atoms with E-state index in [1.54, 1.807) is 11.4 Å². The second-order valence-corrected chi connectivity index (χ2v) is 6.47. The van der Waals surface area contributed by atoms with E-state index in [0.29, 0.717) is 17.1 Å². The van der Waals surface area contributed by atoms with Crippen molar-refractivity contribution in [2.75, 3.05) is 19.6 Å². The molecule has 0 unspecified atom stereocenters. The molecule has 2 N–H and O–H groups in total. The molecular weight excluding hydrogens is 351 g/mol. The van der Waals surface area contributed by atoms with E-state index in [-0.39, 0.29) is 11.6 Å². The number of amides is 1. The van der Waals surface area contributed by atoms with Gasteiger partial charge in [0.2, 0.25) is 0 Å². The number of nitrogens with one attached hydrogen (secondary N) is 2. The lowest BCUT2D eigenvalue weighted by Crippen LogP contribution is -2.29. The molecule has 0 atom stereocenters. The molecule has 2 aromatic rings. The third kappa shape index (κ3) is 4.46. The quantitative estimate of drug-likeness (QED) is 0.814. The van der Waals surface area contributed by atoms with Crippen molar-refractivity contribution < 1.29 is 18.0 Å². The van der Waals surface area contributed by atoms with E-state index in [0.717, 1.165) is 48.6 Å². The van der Waals surface area contributed by atoms with Crippen LogP contribution in [0.3, 0.4) is 0 Å². The Kier molecular flexibility index (Phi) is 5.19. The highest BCUT2D eigenvalue weighted by Gasteiger charge is 2.30. The molecule has 3 rings (SSSR count). The number of rotatable bonds is 4. The number of nitrogens with zero attached hydrogens (tertiary/aromatic N) is 1. The highest BCUT2D eigenvalue weighted by molar-refractivity contribution is 7.13. The summed E-state index contributed by atoms with van der Waals surface area (Å²) >= 11 is 1.15. The first-order valence-electron chi connectivity index (χ1n) is 7.73. The van der Waals surface area contributed by atoms with Gasteiger partial charge in [-0.05, 0) is 25.1 Å². The van der Waals surface area contributed by atoms with Crippen LogP contribution in [0.15, 0.2) is 41.3 Å². The predicted octanol–water partition coefficient (Wildman–Crippen LogP) is 3.48. The van der Waals surface area contributed by atoms with E-state index in [4.69, 9.17) is 0 Å². The average Bonchev–Trinajstić information content (AvgIpc) is 3.10. The van der Waals surface area contributed by atoms with Crippen LogP contribution in [0.1, 0.15) is 22.5 Å². The Morgan fingerprint density at radius 1 is 1.36 bits per heavy atom. The van der Waals surface area contributed by atoms with Crippen LogP contribution in [0.4, 0.5) is 13.2 Å². The lowest BCUT2D eigenvalue weighted by Gasteiger charge is -2.14. The first-order valence-corrected chi connectivity index (χ1v) is 8.61. The summed E-state index contributed by atoms with van der Waals surface area (Å²) in [7, 11) is 0. The van der Waals surface area contributed by atoms with Crippen molar-refractivity contribution in [3.63, 3.8) is 0 Å². The molecule has 0 spiro atoms. The second-order valence-electron chi connectivity index (χ2n) is 5.62. The topological polar surface area (TPSA) is 54.0 Å². The number of hydrogen-bond acceptors (Lipinski definition) is 4. The van der Waals surface area contributed by atoms with Gasteiger partial charge in [-0.1, -0.05) is 23.8 Å². The summed E-state index contributed by atoms with van der Waals surface area (Å²) in [5, 5.41) is 7.93. The minimum atomic E-state index is -4.41. The van der Waals surface area contributed by atoms with E-state index in [9.17, 15) is 18.0 Å². The fourth-order valence-corrected chi connectivity index (χ4v) is 3.25. The largest absolute Gasteiger partial charge is 0.416 e. The molecule has 1 aromatic heterocycles. The number of carbonyl (C=O) groups is 1. The zero-order valence-corrected chi connectivity index (χ0v) is 14.0. The van der Waals surface area contributed by atoms with Gasteiger partial charge in [0, 0.05) is 24.0 Å². The second kappa shape index (κ2) is 7.37. The molecule has 1 aliphatic rings. The summed E-state index contributed by atoms with van der Waals surface area (Å²) < 4.78 is 38.4. The molecule has 0 fully saturated rings. The molecule has 0 aliphatic carbocycles. The summed E-state index contributed by atoms with van der Waals surface area (Å²) in [6, 6.07) is 4.94. The average molecular weight is 367 g/mol. The van der Waals surface area contributed by atoms with Crippen molar-refractivity contribution in [3.8, 4) is 10.6 Å². The molecule has 8 heteroatoms. The Balaban J connectivity index is 1.69. The summed E-state index contributed by atoms with van der Waals surface area (Å²) in [6.07, 6.45) is -1.48. The van der Waals surface area contributed by atoms with E-state index in [2.05, 4.69) is 15.6 Å². The number of halogens is 3. The normalized spacial score (nSPS) is 14.9. The fourth-order valence-electron chi connectivity index (χ4n) is 2.45. The first kappa shape index (κ1) is 17.6. The van der Waals surface area contributed by atoms with Crippen LogP contribution in [-0.4, -0.2) is 30.5 Å². The lowest BCUT2D eigenvalue weighted by atomic mass is 10.1. The molecular formula is C17H16F3N3OS. The summed E-state index contributed by atoms with van der Waals surface area (Å²) in [5.41, 5.74) is 0.983. The van der Waals surface area contributed by atoms with E-state index < -0.39 is 11.7 Å². The summed E-state index contributed by atoms with van der Waals surface area (Å²) in [6.45, 7) is 2.14. The van der Waals surface area contributed by atoms with Crippen LogP contribution in [0.25, 0.3) is 10.6 Å². The van der Waals surface area contributed by atoms with E-state index >= 15 is 0 Å². The summed E-state index contributed by atoms with van der Waals surface area (Å²) in [5.74, 6) is -0.325. The van der Waals surface area contributed by atoms with Gasteiger partial charge in [-0.25, -0.2) is 4.98 Å². The van der Waals surface area contributed by atoms with Crippen molar-refractivity contribution in [1.82, 2.24) is 15.6 Å². The fraction of sp³-hybridized carbons (Fsp3) is 0.294. The molecule has 2 heterocycles. The Morgan fingerprint density at radius 2 is 2.20 bits per heavy atom. The Morgan fingerprint density at radius 3 is 2.92 bits per heavy atom. The molecule has 0 saturated carbocycles. The van der Waals surface area contributed by atoms with Crippen molar-refractivity contribution in [2.24, 2.45) is 0 Å². The number of thiazole rings is 1. The molecule has 1 aliphatic heterocycles. The predicted molar refractivity (Wildman–Crippen MR) is 90.5 cm³/mol. The van der Waals surface area contributed by atoms with Gasteiger partial charge in [0.25, 0.3) is 5.91 Å². The van der Waals surface area contributed by atoms with Crippen LogP contribution >= 0.6 is 11.3 Å². The Bertz CT molecular complexity index is 798. The van der Waals surface area contributed by atoms with Gasteiger partial charge in [0.05, 0.1) is 5.56 Å². The van der Waals surface area contributed by atoms with Crippen molar-refractivity contribution in [3.05, 3.63) is 52.6 Å². The first-order chi connectivity index (χ1) is 11.9. The van der Waals surface area contributed by atoms with Crippen LogP contribution in [0.2, 0.25) is 0 Å². The maximum atomic E-state index is 12.8. The highest BCUT2D eigenvalue weighted by Crippen LogP contribution is 2.33. The molecule has 0 saturated heterocycles. The number of hydrogen-bond donors (Lipinski definition) is 2. The molecule has 25 heavy (non-hydrogen) atoms. The van der Waals surface area contributed by atoms with Gasteiger partial charge in [0.1, 0.15) is 10.7 Å². The maximum Gasteiger partial charge on any atom is 0.416 e. The molecule has 1 aromatic carbocycles. The smallest absolute Gasteiger partial charge is 0.347 e. The minimum absolute atomic E-state index is 0.215. The van der Waals surface area contributed by atoms with Gasteiger partial charge in [0.15, 0.2) is 0 Å². The van der Waals surface area contributed by atoms with Gasteiger partial charge in [-0.15, -0.1) is 11.3 Å². The van der Waals surface area contributed by atoms with E-state index in [1.807, 2.05) is 6.08 Å². The Labute approximate surface area is 146 Å². The minimum Gasteiger partial charge on any atom is -0.347 e. The lowest BCUT2D eigenvalue weighted by molar-refractivity contribution is -0.137. The third-order valence-corrected chi connectivity index (χ3v) is 4.70. The zero-order valence-electron chi connectivity index (χ0n) is 13.2. The standard InChI is InChI=1S/C17H16F3N3OS/c18-17(19,20)13-3-1-2-12(8-13)16-23-14(10-25-16)15(24)22-9-11-4-6-21-7-5-11/h1-4,8,10,21H,5-7,9H2,(H,22,24). The van der Waals surface area contributed by atoms with Gasteiger partial charge in [-0.3, -0.25) is 4.79 Å². The number of benzene rings is 1. The zero-order chi connectivity index (χ0) is 17.9. The van der Waals surface area contributed by atoms with Gasteiger partial charge < -0.3 is 10.6 Å². The molecule has 1 amide bonds. The Hall–Kier alpha value is -2.19. The molecule has 132 valence electrons. The van der Waals surface area contributed by atoms with Gasteiger partial charge >= 0.3 is 6.18 Å². The third-order valence-electron chi connectivity index (χ3n) is 3.81. The van der Waals surface area contributed by atoms with Crippen LogP contribution < -0.4 is 10.6 Å². The number of carbonyl (C=O) groups excluding carboxylic acids is 1. The van der Waals surface area contributed by atoms with Gasteiger partial charge in [-0.2, -0.15) is 13.2 Å². The monoisotopic (exact) mass is 367 g/mol. The van der Waals surface area contributed by atoms with Crippen LogP contribution in [-0.2, 0) is 6.18 Å². The summed E-state index contributed by atoms with van der Waals surface area (Å²) in [4.78, 5) is 16.3. The number of aromatic nitrogens is 1. The van der Waals surface area contributed by atoms with Crippen LogP contribution in [0.5, 0.6) is 0 Å². The number of alkyl halides is 3.